The van der Waals surface area contributed by atoms with Crippen molar-refractivity contribution in [1.29, 1.82) is 0 Å². The van der Waals surface area contributed by atoms with Crippen molar-refractivity contribution in [1.82, 2.24) is 0 Å². The summed E-state index contributed by atoms with van der Waals surface area (Å²) in [6, 6.07) is 0. The largest absolute Gasteiger partial charge is 0.457 e. The van der Waals surface area contributed by atoms with Crippen molar-refractivity contribution in [2.45, 2.75) is 59.2 Å². The molecule has 0 aromatic heterocycles. The van der Waals surface area contributed by atoms with Crippen LogP contribution in [0.15, 0.2) is 40.4 Å². The molecule has 0 N–H and O–H groups in total. The van der Waals surface area contributed by atoms with Crippen LogP contribution in [0.2, 0.25) is 0 Å². The van der Waals surface area contributed by atoms with E-state index in [-0.39, 0.29) is 5.76 Å². The predicted octanol–water partition coefficient (Wildman–Crippen LogP) is 2.89. The summed E-state index contributed by atoms with van der Waals surface area (Å²) in [6.07, 6.45) is 3.97. The highest BCUT2D eigenvalue weighted by atomic mass is 16.6. The molecule has 0 radical (unpaired) electrons. The van der Waals surface area contributed by atoms with E-state index in [1.54, 1.807) is 0 Å². The molecule has 0 amide bonds. The van der Waals surface area contributed by atoms with E-state index in [9.17, 15) is 14.4 Å². The minimum absolute atomic E-state index is 0.175. The van der Waals surface area contributed by atoms with Crippen LogP contribution in [0.5, 0.6) is 0 Å². The smallest absolute Gasteiger partial charge is 0.375 e. The van der Waals surface area contributed by atoms with Crippen LogP contribution in [0, 0.1) is 0 Å². The molecule has 0 unspecified atom stereocenters. The van der Waals surface area contributed by atoms with Gasteiger partial charge in [-0.1, -0.05) is 11.6 Å². The van der Waals surface area contributed by atoms with Crippen molar-refractivity contribution >= 4 is 17.9 Å². The molecule has 25 heavy (non-hydrogen) atoms. The van der Waals surface area contributed by atoms with Gasteiger partial charge in [0.05, 0.1) is 5.57 Å². The van der Waals surface area contributed by atoms with Gasteiger partial charge in [0.1, 0.15) is 12.2 Å². The topological polar surface area (TPSA) is 78.9 Å². The zero-order valence-corrected chi connectivity index (χ0v) is 14.9. The molecular formula is C19H22O6. The fourth-order valence-corrected chi connectivity index (χ4v) is 2.81. The molecule has 2 rings (SSSR count). The number of allylic oxidation sites excluding steroid dienone is 1. The van der Waals surface area contributed by atoms with E-state index in [2.05, 4.69) is 5.73 Å². The molecule has 0 saturated carbocycles. The monoisotopic (exact) mass is 346 g/mol. The van der Waals surface area contributed by atoms with Crippen LogP contribution in [0.4, 0.5) is 0 Å². The summed E-state index contributed by atoms with van der Waals surface area (Å²) < 4.78 is 15.9. The molecule has 0 spiro atoms. The maximum atomic E-state index is 12.2. The first-order valence-corrected chi connectivity index (χ1v) is 8.15. The molecule has 134 valence electrons. The normalized spacial score (nSPS) is 25.8. The van der Waals surface area contributed by atoms with E-state index in [1.165, 1.54) is 13.8 Å². The summed E-state index contributed by atoms with van der Waals surface area (Å²) >= 11 is 0. The Morgan fingerprint density at radius 1 is 1.24 bits per heavy atom. The van der Waals surface area contributed by atoms with Gasteiger partial charge >= 0.3 is 17.9 Å². The number of rotatable bonds is 2. The van der Waals surface area contributed by atoms with Crippen molar-refractivity contribution in [3.8, 4) is 0 Å². The molecule has 6 nitrogen and oxygen atoms in total. The third-order valence-electron chi connectivity index (χ3n) is 3.89. The van der Waals surface area contributed by atoms with Gasteiger partial charge in [0.15, 0.2) is 0 Å². The Balaban J connectivity index is 2.55. The first kappa shape index (κ1) is 18.7. The maximum absolute atomic E-state index is 12.2. The number of carbonyl (C=O) groups is 3. The summed E-state index contributed by atoms with van der Waals surface area (Å²) in [7, 11) is 0. The van der Waals surface area contributed by atoms with Crippen LogP contribution >= 0.6 is 0 Å². The molecule has 1 heterocycles. The van der Waals surface area contributed by atoms with Gasteiger partial charge in [-0.05, 0) is 31.9 Å². The Kier molecular flexibility index (Phi) is 5.99. The standard InChI is InChI=1S/C19H22O6/c1-11-6-5-7-12(2)10-16(23-13(3)20)17-15(9-8-11)25-19(22)18(17)24-14(4)21/h5,8,15-16H,6,9-10H2,1-4H3/b11-8+/t7?,15-,16+/m1/s1. The molecule has 0 aromatic carbocycles. The van der Waals surface area contributed by atoms with E-state index in [4.69, 9.17) is 14.2 Å². The molecular weight excluding hydrogens is 324 g/mol. The molecule has 0 fully saturated rings. The third kappa shape index (κ3) is 4.94. The second-order valence-corrected chi connectivity index (χ2v) is 6.19. The summed E-state index contributed by atoms with van der Waals surface area (Å²) in [5.41, 5.74) is 5.51. The number of esters is 3. The number of carbonyl (C=O) groups excluding carboxylic acids is 3. The highest BCUT2D eigenvalue weighted by molar-refractivity contribution is 5.93. The summed E-state index contributed by atoms with van der Waals surface area (Å²) in [4.78, 5) is 35.1. The highest BCUT2D eigenvalue weighted by Gasteiger charge is 2.41. The van der Waals surface area contributed by atoms with E-state index < -0.39 is 30.1 Å². The third-order valence-corrected chi connectivity index (χ3v) is 3.89. The molecule has 2 atom stereocenters. The van der Waals surface area contributed by atoms with Gasteiger partial charge < -0.3 is 14.2 Å². The average molecular weight is 346 g/mol. The minimum atomic E-state index is -0.754. The molecule has 0 saturated heterocycles. The Bertz CT molecular complexity index is 718. The number of ether oxygens (including phenoxy) is 3. The number of hydrogen-bond acceptors (Lipinski definition) is 6. The van der Waals surface area contributed by atoms with Crippen LogP contribution in [-0.2, 0) is 28.6 Å². The van der Waals surface area contributed by atoms with Gasteiger partial charge in [-0.25, -0.2) is 4.79 Å². The van der Waals surface area contributed by atoms with Crippen molar-refractivity contribution < 1.29 is 28.6 Å². The van der Waals surface area contributed by atoms with E-state index >= 15 is 0 Å². The first-order valence-electron chi connectivity index (χ1n) is 8.15. The second kappa shape index (κ2) is 7.99. The Labute approximate surface area is 146 Å². The second-order valence-electron chi connectivity index (χ2n) is 6.19. The Morgan fingerprint density at radius 2 is 1.96 bits per heavy atom. The fourth-order valence-electron chi connectivity index (χ4n) is 2.81. The number of fused-ring (bicyclic) bond motifs is 1. The zero-order chi connectivity index (χ0) is 18.6. The van der Waals surface area contributed by atoms with Gasteiger partial charge in [-0.2, -0.15) is 0 Å². The Morgan fingerprint density at radius 3 is 2.60 bits per heavy atom. The van der Waals surface area contributed by atoms with E-state index in [0.717, 1.165) is 17.6 Å². The van der Waals surface area contributed by atoms with Gasteiger partial charge in [0.25, 0.3) is 0 Å². The molecule has 1 aliphatic heterocycles. The minimum Gasteiger partial charge on any atom is -0.457 e. The van der Waals surface area contributed by atoms with Crippen molar-refractivity contribution in [2.75, 3.05) is 0 Å². The molecule has 2 aliphatic rings. The van der Waals surface area contributed by atoms with Crippen LogP contribution in [-0.4, -0.2) is 30.1 Å². The van der Waals surface area contributed by atoms with Crippen molar-refractivity contribution in [2.24, 2.45) is 0 Å². The lowest BCUT2D eigenvalue weighted by Crippen LogP contribution is -2.26. The lowest BCUT2D eigenvalue weighted by atomic mass is 9.96. The van der Waals surface area contributed by atoms with E-state index in [0.29, 0.717) is 18.4 Å². The first-order chi connectivity index (χ1) is 11.8. The molecule has 1 aliphatic carbocycles. The van der Waals surface area contributed by atoms with Gasteiger partial charge in [-0.3, -0.25) is 9.59 Å². The lowest BCUT2D eigenvalue weighted by molar-refractivity contribution is -0.149. The van der Waals surface area contributed by atoms with E-state index in [1.807, 2.05) is 26.0 Å². The highest BCUT2D eigenvalue weighted by Crippen LogP contribution is 2.33. The van der Waals surface area contributed by atoms with Crippen LogP contribution < -0.4 is 0 Å². The summed E-state index contributed by atoms with van der Waals surface area (Å²) in [6.45, 7) is 6.34. The van der Waals surface area contributed by atoms with Gasteiger partial charge in [-0.15, -0.1) is 5.73 Å². The van der Waals surface area contributed by atoms with Gasteiger partial charge in [0, 0.05) is 26.7 Å². The molecule has 0 aromatic rings. The summed E-state index contributed by atoms with van der Waals surface area (Å²) in [5.74, 6) is -2.01. The van der Waals surface area contributed by atoms with Crippen LogP contribution in [0.3, 0.4) is 0 Å². The van der Waals surface area contributed by atoms with Gasteiger partial charge in [0.2, 0.25) is 5.76 Å². The SMILES string of the molecule is CC(=O)OC1=C2[C@@H](OC(C)=O)CC(C)=C=CC/C(C)=C/C[C@H]2OC1=O. The van der Waals surface area contributed by atoms with Crippen LogP contribution in [0.1, 0.15) is 47.0 Å². The van der Waals surface area contributed by atoms with Crippen molar-refractivity contribution in [3.05, 3.63) is 40.4 Å². The molecule has 0 bridgehead atoms. The number of hydrogen-bond donors (Lipinski definition) is 0. The average Bonchev–Trinajstić information content (AvgIpc) is 2.78. The summed E-state index contributed by atoms with van der Waals surface area (Å²) in [5, 5.41) is 0. The Hall–Kier alpha value is -2.59. The quantitative estimate of drug-likeness (QED) is 0.331. The lowest BCUT2D eigenvalue weighted by Gasteiger charge is -2.22. The van der Waals surface area contributed by atoms with Crippen molar-refractivity contribution in [3.63, 3.8) is 0 Å². The maximum Gasteiger partial charge on any atom is 0.375 e. The zero-order valence-electron chi connectivity index (χ0n) is 14.9. The predicted molar refractivity (Wildman–Crippen MR) is 89.1 cm³/mol. The molecule has 6 heteroatoms. The fraction of sp³-hybridized carbons (Fsp3) is 0.474. The van der Waals surface area contributed by atoms with Crippen LogP contribution in [0.25, 0.3) is 0 Å².